The summed E-state index contributed by atoms with van der Waals surface area (Å²) in [5.74, 6) is -2.88. The number of halogens is 1. The van der Waals surface area contributed by atoms with Crippen LogP contribution in [0, 0.1) is 5.82 Å². The Labute approximate surface area is 411 Å². The summed E-state index contributed by atoms with van der Waals surface area (Å²) >= 11 is 0. The zero-order chi connectivity index (χ0) is 50.4. The molecule has 378 valence electrons. The number of amides is 3. The van der Waals surface area contributed by atoms with Crippen LogP contribution >= 0.6 is 0 Å². The van der Waals surface area contributed by atoms with Gasteiger partial charge in [0.25, 0.3) is 5.91 Å². The molecule has 0 saturated carbocycles. The summed E-state index contributed by atoms with van der Waals surface area (Å²) in [6.45, 7) is 14.6. The van der Waals surface area contributed by atoms with Crippen LogP contribution in [0.4, 0.5) is 10.1 Å². The second-order valence-electron chi connectivity index (χ2n) is 18.4. The average Bonchev–Trinajstić information content (AvgIpc) is 3.66. The quantitative estimate of drug-likeness (QED) is 0.0191. The molecule has 2 aromatic carbocycles. The van der Waals surface area contributed by atoms with E-state index in [2.05, 4.69) is 48.2 Å². The molecule has 3 amide bonds. The number of carboxylic acids is 1. The van der Waals surface area contributed by atoms with Crippen molar-refractivity contribution in [2.24, 2.45) is 0 Å². The Bertz CT molecular complexity index is 2090. The number of aliphatic hydroxyl groups excluding tert-OH is 2. The third-order valence-electron chi connectivity index (χ3n) is 12.2. The molecule has 3 aromatic rings. The molecule has 69 heavy (non-hydrogen) atoms. The number of allylic oxidation sites excluding steroid dienone is 6. The van der Waals surface area contributed by atoms with E-state index in [1.54, 1.807) is 42.5 Å². The Morgan fingerprint density at radius 3 is 2.00 bits per heavy atom. The lowest BCUT2D eigenvalue weighted by atomic mass is 9.94. The number of nitrogens with one attached hydrogen (secondary N) is 3. The molecule has 0 aliphatic carbocycles. The van der Waals surface area contributed by atoms with E-state index in [0.717, 1.165) is 32.1 Å². The molecule has 0 fully saturated rings. The summed E-state index contributed by atoms with van der Waals surface area (Å²) in [5, 5.41) is 40.4. The molecule has 6 N–H and O–H groups in total. The Hall–Kier alpha value is -5.59. The van der Waals surface area contributed by atoms with Crippen LogP contribution in [0.1, 0.15) is 177 Å². The number of aliphatic hydroxyl groups is 2. The van der Waals surface area contributed by atoms with Crippen molar-refractivity contribution in [3.05, 3.63) is 121 Å². The molecule has 3 unspecified atom stereocenters. The molecule has 1 aromatic heterocycles. The fraction of sp³-hybridized carbons (Fsp3) is 0.509. The lowest BCUT2D eigenvalue weighted by Crippen LogP contribution is -2.42. The molecular formula is C57H81FN4O7. The number of carbonyl (C=O) groups excluding carboxylic acids is 3. The predicted octanol–water partition coefficient (Wildman–Crippen LogP) is 12.2. The van der Waals surface area contributed by atoms with Crippen LogP contribution in [0.5, 0.6) is 0 Å². The molecule has 0 saturated heterocycles. The summed E-state index contributed by atoms with van der Waals surface area (Å²) in [7, 11) is 0. The van der Waals surface area contributed by atoms with E-state index in [1.807, 2.05) is 36.6 Å². The van der Waals surface area contributed by atoms with E-state index < -0.39 is 42.4 Å². The molecule has 11 nitrogen and oxygen atoms in total. The molecule has 1 heterocycles. The van der Waals surface area contributed by atoms with E-state index in [0.29, 0.717) is 65.1 Å². The first-order valence-corrected chi connectivity index (χ1v) is 25.4. The maximum absolute atomic E-state index is 14.3. The number of benzene rings is 2. The van der Waals surface area contributed by atoms with E-state index >= 15 is 0 Å². The van der Waals surface area contributed by atoms with Gasteiger partial charge < -0.3 is 35.8 Å². The highest BCUT2D eigenvalue weighted by Crippen LogP contribution is 2.41. The van der Waals surface area contributed by atoms with Gasteiger partial charge in [-0.2, -0.15) is 0 Å². The number of nitrogens with zero attached hydrogens (tertiary/aromatic N) is 1. The first-order valence-electron chi connectivity index (χ1n) is 25.4. The molecule has 0 aliphatic heterocycles. The minimum Gasteiger partial charge on any atom is -0.480 e. The van der Waals surface area contributed by atoms with Crippen LogP contribution in [0.2, 0.25) is 0 Å². The van der Waals surface area contributed by atoms with Crippen molar-refractivity contribution in [2.75, 3.05) is 11.9 Å². The van der Waals surface area contributed by atoms with Gasteiger partial charge in [-0.25, -0.2) is 9.18 Å². The standard InChI is InChI=1S/C57H81FN4O7/c1-6-9-10-11-12-13-14-15-16-17-18-19-20-21-25-32-50(65)59-38-27-26-31-49(57(68)69)61-51(66)41-48(64)40-47(63)37-39-62-54(42(4)5)53(56(67)60-46-29-23-22-24-30-46)52(43(8-3)28-7-2)55(62)44-33-35-45(58)36-34-44/h7-8,15-16,22-24,28-30,33-36,42,47-49,63-64H,2-3,6,9-14,17-21,25-27,31-32,37-41H2,1,4-5H3,(H,59,65)(H,60,67)(H,61,66)(H,68,69). The summed E-state index contributed by atoms with van der Waals surface area (Å²) in [4.78, 5) is 51.7. The van der Waals surface area contributed by atoms with Crippen LogP contribution in [-0.4, -0.2) is 68.4 Å². The van der Waals surface area contributed by atoms with Crippen molar-refractivity contribution >= 4 is 35.0 Å². The topological polar surface area (TPSA) is 170 Å². The monoisotopic (exact) mass is 953 g/mol. The van der Waals surface area contributed by atoms with Gasteiger partial charge in [0.1, 0.15) is 11.9 Å². The number of carboxylic acid groups (broad SMARTS) is 1. The molecular weight excluding hydrogens is 872 g/mol. The zero-order valence-electron chi connectivity index (χ0n) is 41.7. The number of para-hydroxylation sites is 1. The van der Waals surface area contributed by atoms with Gasteiger partial charge in [0.15, 0.2) is 0 Å². The maximum Gasteiger partial charge on any atom is 0.326 e. The predicted molar refractivity (Wildman–Crippen MR) is 278 cm³/mol. The van der Waals surface area contributed by atoms with Gasteiger partial charge in [0, 0.05) is 36.5 Å². The Kier molecular flexibility index (Phi) is 27.6. The van der Waals surface area contributed by atoms with Crippen molar-refractivity contribution < 1.29 is 38.9 Å². The summed E-state index contributed by atoms with van der Waals surface area (Å²) in [6, 6.07) is 13.8. The fourth-order valence-electron chi connectivity index (χ4n) is 8.65. The summed E-state index contributed by atoms with van der Waals surface area (Å²) in [5.41, 5.74) is 4.03. The highest BCUT2D eigenvalue weighted by atomic mass is 19.1. The maximum atomic E-state index is 14.3. The lowest BCUT2D eigenvalue weighted by Gasteiger charge is -2.21. The van der Waals surface area contributed by atoms with Crippen molar-refractivity contribution in [3.8, 4) is 11.3 Å². The largest absolute Gasteiger partial charge is 0.480 e. The number of rotatable bonds is 36. The summed E-state index contributed by atoms with van der Waals surface area (Å²) in [6.07, 6.45) is 23.9. The van der Waals surface area contributed by atoms with Gasteiger partial charge in [-0.3, -0.25) is 14.4 Å². The van der Waals surface area contributed by atoms with Gasteiger partial charge in [-0.1, -0.05) is 134 Å². The SMILES string of the molecule is C=CC=C(C=C)c1c(C(=O)Nc2ccccc2)c(C(C)C)n(CCC(O)CC(O)CC(=O)NC(CCCCNC(=O)CCCCCCCC=CCCCCCCCC)C(=O)O)c1-c1ccc(F)cc1. The number of hydrogen-bond acceptors (Lipinski definition) is 6. The Balaban J connectivity index is 1.50. The second-order valence-corrected chi connectivity index (χ2v) is 18.4. The highest BCUT2D eigenvalue weighted by molar-refractivity contribution is 6.11. The van der Waals surface area contributed by atoms with Crippen LogP contribution in [0.15, 0.2) is 98.1 Å². The lowest BCUT2D eigenvalue weighted by molar-refractivity contribution is -0.142. The third kappa shape index (κ3) is 21.3. The van der Waals surface area contributed by atoms with Gasteiger partial charge in [-0.05, 0) is 118 Å². The van der Waals surface area contributed by atoms with Crippen LogP contribution < -0.4 is 16.0 Å². The van der Waals surface area contributed by atoms with E-state index in [4.69, 9.17) is 0 Å². The zero-order valence-corrected chi connectivity index (χ0v) is 41.7. The van der Waals surface area contributed by atoms with E-state index in [1.165, 1.54) is 63.5 Å². The van der Waals surface area contributed by atoms with Gasteiger partial charge >= 0.3 is 5.97 Å². The molecule has 0 spiro atoms. The van der Waals surface area contributed by atoms with Crippen LogP contribution in [0.3, 0.4) is 0 Å². The second kappa shape index (κ2) is 33.0. The van der Waals surface area contributed by atoms with Gasteiger partial charge in [0.2, 0.25) is 11.8 Å². The van der Waals surface area contributed by atoms with E-state index in [-0.39, 0.29) is 43.5 Å². The van der Waals surface area contributed by atoms with Crippen molar-refractivity contribution in [3.63, 3.8) is 0 Å². The fourth-order valence-corrected chi connectivity index (χ4v) is 8.65. The van der Waals surface area contributed by atoms with Crippen molar-refractivity contribution in [2.45, 2.75) is 180 Å². The number of hydrogen-bond donors (Lipinski definition) is 6. The van der Waals surface area contributed by atoms with Crippen LogP contribution in [-0.2, 0) is 20.9 Å². The number of anilines is 1. The number of carbonyl (C=O) groups is 4. The smallest absolute Gasteiger partial charge is 0.326 e. The molecule has 0 aliphatic rings. The van der Waals surface area contributed by atoms with E-state index in [9.17, 15) is 38.9 Å². The van der Waals surface area contributed by atoms with Gasteiger partial charge in [-0.15, -0.1) is 0 Å². The molecule has 0 radical (unpaired) electrons. The summed E-state index contributed by atoms with van der Waals surface area (Å²) < 4.78 is 16.2. The first-order chi connectivity index (χ1) is 33.3. The third-order valence-corrected chi connectivity index (χ3v) is 12.2. The molecule has 12 heteroatoms. The minimum absolute atomic E-state index is 0.0165. The normalized spacial score (nSPS) is 13.0. The highest BCUT2D eigenvalue weighted by Gasteiger charge is 2.31. The number of unbranched alkanes of at least 4 members (excludes halogenated alkanes) is 12. The number of aliphatic carboxylic acids is 1. The van der Waals surface area contributed by atoms with Crippen LogP contribution in [0.25, 0.3) is 16.8 Å². The van der Waals surface area contributed by atoms with Crippen molar-refractivity contribution in [1.82, 2.24) is 15.2 Å². The average molecular weight is 953 g/mol. The first kappa shape index (κ1) is 57.7. The Morgan fingerprint density at radius 2 is 1.39 bits per heavy atom. The molecule has 0 bridgehead atoms. The molecule has 3 atom stereocenters. The van der Waals surface area contributed by atoms with Gasteiger partial charge in [0.05, 0.1) is 29.9 Å². The number of aromatic nitrogens is 1. The van der Waals surface area contributed by atoms with Crippen molar-refractivity contribution in [1.29, 1.82) is 0 Å². The molecule has 3 rings (SSSR count). The minimum atomic E-state index is -1.28. The Morgan fingerprint density at radius 1 is 0.754 bits per heavy atom.